The molecule has 4 fully saturated rings. The van der Waals surface area contributed by atoms with Gasteiger partial charge in [-0.1, -0.05) is 0 Å². The van der Waals surface area contributed by atoms with Crippen molar-refractivity contribution < 1.29 is 95.2 Å². The predicted octanol–water partition coefficient (Wildman–Crippen LogP) is -1.79. The van der Waals surface area contributed by atoms with Gasteiger partial charge in [0, 0.05) is 55.4 Å². The summed E-state index contributed by atoms with van der Waals surface area (Å²) in [4.78, 5) is 98.5. The fourth-order valence-corrected chi connectivity index (χ4v) is 6.88. The summed E-state index contributed by atoms with van der Waals surface area (Å²) in [6, 6.07) is -2.60. The van der Waals surface area contributed by atoms with Crippen LogP contribution in [0.5, 0.6) is 0 Å². The van der Waals surface area contributed by atoms with Crippen molar-refractivity contribution in [3.05, 3.63) is 0 Å². The fourth-order valence-electron chi connectivity index (χ4n) is 6.88. The Balaban J connectivity index is 1.80. The van der Waals surface area contributed by atoms with Gasteiger partial charge in [-0.3, -0.25) is 38.4 Å². The molecule has 314 valence electrons. The molecule has 15 atom stereocenters. The highest BCUT2D eigenvalue weighted by Crippen LogP contribution is 2.38. The third-order valence-corrected chi connectivity index (χ3v) is 8.73. The monoisotopic (exact) mass is 804 g/mol. The first-order valence-corrected chi connectivity index (χ1v) is 17.7. The van der Waals surface area contributed by atoms with Crippen LogP contribution < -0.4 is 10.6 Å². The van der Waals surface area contributed by atoms with Crippen molar-refractivity contribution in [2.24, 2.45) is 0 Å². The maximum absolute atomic E-state index is 12.6. The molecule has 0 radical (unpaired) electrons. The zero-order valence-corrected chi connectivity index (χ0v) is 32.2. The van der Waals surface area contributed by atoms with E-state index in [0.29, 0.717) is 0 Å². The van der Waals surface area contributed by atoms with E-state index in [0.717, 1.165) is 48.5 Å². The molecule has 0 aliphatic carbocycles. The van der Waals surface area contributed by atoms with Crippen molar-refractivity contribution in [3.63, 3.8) is 0 Å². The quantitative estimate of drug-likeness (QED) is 0.154. The van der Waals surface area contributed by atoms with Crippen molar-refractivity contribution in [1.82, 2.24) is 10.6 Å². The van der Waals surface area contributed by atoms with Gasteiger partial charge in [-0.25, -0.2) is 0 Å². The molecule has 22 nitrogen and oxygen atoms in total. The third kappa shape index (κ3) is 11.3. The number of rotatable bonds is 13. The van der Waals surface area contributed by atoms with Crippen LogP contribution in [0.4, 0.5) is 0 Å². The number of fused-ring (bicyclic) bond motifs is 2. The van der Waals surface area contributed by atoms with Gasteiger partial charge < -0.3 is 67.5 Å². The molecule has 4 saturated heterocycles. The van der Waals surface area contributed by atoms with E-state index in [1.807, 2.05) is 0 Å². The summed E-state index contributed by atoms with van der Waals surface area (Å²) in [6.45, 7) is 9.78. The maximum atomic E-state index is 12.6. The molecule has 0 aromatic heterocycles. The lowest BCUT2D eigenvalue weighted by atomic mass is 9.94. The summed E-state index contributed by atoms with van der Waals surface area (Å²) in [5, 5.41) is 5.31. The molecule has 2 bridgehead atoms. The van der Waals surface area contributed by atoms with Crippen molar-refractivity contribution >= 4 is 47.6 Å². The van der Waals surface area contributed by atoms with E-state index < -0.39 is 146 Å². The highest BCUT2D eigenvalue weighted by atomic mass is 16.8. The summed E-state index contributed by atoms with van der Waals surface area (Å²) in [7, 11) is 0. The Morgan fingerprint density at radius 2 is 1.02 bits per heavy atom. The molecule has 2 amide bonds. The summed E-state index contributed by atoms with van der Waals surface area (Å²) in [5.41, 5.74) is 0. The van der Waals surface area contributed by atoms with Gasteiger partial charge in [0.2, 0.25) is 11.8 Å². The first-order chi connectivity index (χ1) is 26.2. The number of esters is 6. The number of hydrogen-bond acceptors (Lipinski definition) is 20. The minimum absolute atomic E-state index is 0.136. The Bertz CT molecular complexity index is 1510. The third-order valence-electron chi connectivity index (χ3n) is 8.73. The standard InChI is InChI=1S/C34H48N2O20/c1-12-25(48-16(5)40)30(51-19(8)43)31(52-20(9)44)34(47-12)56-29-23(35-13(2)37)32-46-11-22(53-32)27(29)55-33-24(36-14(3)38)28(50-18(7)42)26(49-17(6)41)21(54-33)10-45-15(4)39/h12,21-34H,10-11H2,1-9H3,(H,35,37)(H,36,38)/t12-,21+,22+,23+,24+,25+,26+,27+,28+,29+,30+,31-,32?,33-,34-/m0/s1. The van der Waals surface area contributed by atoms with Crippen LogP contribution in [-0.4, -0.2) is 153 Å². The van der Waals surface area contributed by atoms with Gasteiger partial charge in [0.15, 0.2) is 49.4 Å². The van der Waals surface area contributed by atoms with Gasteiger partial charge in [0.25, 0.3) is 0 Å². The molecule has 0 aromatic rings. The Labute approximate surface area is 321 Å². The molecular weight excluding hydrogens is 756 g/mol. The molecule has 4 aliphatic heterocycles. The minimum Gasteiger partial charge on any atom is -0.463 e. The highest BCUT2D eigenvalue weighted by Gasteiger charge is 2.59. The Hall–Kier alpha value is -4.48. The second-order valence-corrected chi connectivity index (χ2v) is 13.5. The average Bonchev–Trinajstić information content (AvgIpc) is 3.50. The number of nitrogens with one attached hydrogen (secondary N) is 2. The minimum atomic E-state index is -1.62. The number of ether oxygens (including phenoxy) is 12. The van der Waals surface area contributed by atoms with Crippen molar-refractivity contribution in [1.29, 1.82) is 0 Å². The van der Waals surface area contributed by atoms with Gasteiger partial charge in [0.05, 0.1) is 12.7 Å². The Morgan fingerprint density at radius 3 is 1.57 bits per heavy atom. The number of carbonyl (C=O) groups excluding carboxylic acids is 8. The maximum Gasteiger partial charge on any atom is 0.303 e. The van der Waals surface area contributed by atoms with Crippen LogP contribution in [0.1, 0.15) is 62.3 Å². The van der Waals surface area contributed by atoms with Crippen molar-refractivity contribution in [2.75, 3.05) is 13.2 Å². The summed E-state index contributed by atoms with van der Waals surface area (Å²) >= 11 is 0. The summed E-state index contributed by atoms with van der Waals surface area (Å²) in [5.74, 6) is -6.03. The SMILES string of the molecule is CC(=O)N[C@H]1[C@H](O[C@H]2[C@H](O[C@@H]3O[C@@H](C)[C@@H](OC(C)=O)[C@@H](OC(C)=O)[C@@H]3OC(C)=O)[C@@H](NC(C)=O)C3OC[C@H]2O3)O[C@H](COC(C)=O)[C@@H](OC(C)=O)[C@@H]1OC(C)=O. The molecule has 0 spiro atoms. The molecule has 22 heteroatoms. The smallest absolute Gasteiger partial charge is 0.303 e. The summed E-state index contributed by atoms with van der Waals surface area (Å²) in [6.07, 6.45) is -17.6. The molecule has 2 N–H and O–H groups in total. The highest BCUT2D eigenvalue weighted by molar-refractivity contribution is 5.74. The fraction of sp³-hybridized carbons (Fsp3) is 0.765. The topological polar surface area (TPSA) is 271 Å². The molecule has 56 heavy (non-hydrogen) atoms. The Morgan fingerprint density at radius 1 is 0.518 bits per heavy atom. The van der Waals surface area contributed by atoms with Gasteiger partial charge in [-0.2, -0.15) is 0 Å². The van der Waals surface area contributed by atoms with Crippen LogP contribution in [0.15, 0.2) is 0 Å². The molecule has 0 aromatic carbocycles. The van der Waals surface area contributed by atoms with Gasteiger partial charge in [-0.05, 0) is 6.92 Å². The van der Waals surface area contributed by atoms with E-state index in [1.165, 1.54) is 13.8 Å². The van der Waals surface area contributed by atoms with E-state index >= 15 is 0 Å². The first kappa shape index (κ1) is 44.2. The normalized spacial score (nSPS) is 36.2. The number of amides is 2. The van der Waals surface area contributed by atoms with Crippen molar-refractivity contribution in [3.8, 4) is 0 Å². The lowest BCUT2D eigenvalue weighted by molar-refractivity contribution is -0.349. The van der Waals surface area contributed by atoms with Gasteiger partial charge in [-0.15, -0.1) is 0 Å². The zero-order chi connectivity index (χ0) is 41.6. The van der Waals surface area contributed by atoms with Crippen LogP contribution >= 0.6 is 0 Å². The van der Waals surface area contributed by atoms with Crippen LogP contribution in [0.2, 0.25) is 0 Å². The second kappa shape index (κ2) is 19.1. The Kier molecular flexibility index (Phi) is 15.1. The molecule has 1 unspecified atom stereocenters. The zero-order valence-electron chi connectivity index (χ0n) is 32.2. The second-order valence-electron chi connectivity index (χ2n) is 13.5. The number of hydrogen-bond donors (Lipinski definition) is 2. The van der Waals surface area contributed by atoms with Crippen LogP contribution in [0.3, 0.4) is 0 Å². The van der Waals surface area contributed by atoms with E-state index in [1.54, 1.807) is 0 Å². The average molecular weight is 805 g/mol. The van der Waals surface area contributed by atoms with E-state index in [-0.39, 0.29) is 6.61 Å². The van der Waals surface area contributed by atoms with Crippen LogP contribution in [-0.2, 0) is 95.2 Å². The molecule has 4 rings (SSSR count). The predicted molar refractivity (Wildman–Crippen MR) is 177 cm³/mol. The number of carbonyl (C=O) groups is 8. The summed E-state index contributed by atoms with van der Waals surface area (Å²) < 4.78 is 70.0. The van der Waals surface area contributed by atoms with Crippen molar-refractivity contribution in [2.45, 2.75) is 154 Å². The molecule has 4 heterocycles. The lowest BCUT2D eigenvalue weighted by Crippen LogP contribution is -2.70. The van der Waals surface area contributed by atoms with E-state index in [9.17, 15) is 38.4 Å². The largest absolute Gasteiger partial charge is 0.463 e. The molecule has 0 saturated carbocycles. The van der Waals surface area contributed by atoms with Crippen LogP contribution in [0.25, 0.3) is 0 Å². The molecule has 4 aliphatic rings. The van der Waals surface area contributed by atoms with Crippen LogP contribution in [0, 0.1) is 0 Å². The van der Waals surface area contributed by atoms with E-state index in [2.05, 4.69) is 10.6 Å². The van der Waals surface area contributed by atoms with Gasteiger partial charge >= 0.3 is 35.8 Å². The van der Waals surface area contributed by atoms with Gasteiger partial charge in [0.1, 0.15) is 43.1 Å². The van der Waals surface area contributed by atoms with E-state index in [4.69, 9.17) is 56.8 Å². The molecular formula is C34H48N2O20. The lowest BCUT2D eigenvalue weighted by Gasteiger charge is -2.49. The first-order valence-electron chi connectivity index (χ1n) is 17.7.